The lowest BCUT2D eigenvalue weighted by Crippen LogP contribution is -2.52. The Labute approximate surface area is 117 Å². The van der Waals surface area contributed by atoms with Crippen LogP contribution in [-0.2, 0) is 4.79 Å². The summed E-state index contributed by atoms with van der Waals surface area (Å²) >= 11 is 0. The second-order valence-electron chi connectivity index (χ2n) is 7.21. The summed E-state index contributed by atoms with van der Waals surface area (Å²) in [4.78, 5) is 14.1. The SMILES string of the molecule is CC(C)C1CC(NC2CCN(C(=O)C3CC3)CC2)C1. The molecule has 0 unspecified atom stereocenters. The lowest BCUT2D eigenvalue weighted by Gasteiger charge is -2.42. The highest BCUT2D eigenvalue weighted by atomic mass is 16.2. The molecule has 0 aromatic carbocycles. The lowest BCUT2D eigenvalue weighted by atomic mass is 9.73. The second-order valence-corrected chi connectivity index (χ2v) is 7.21. The van der Waals surface area contributed by atoms with Crippen molar-refractivity contribution in [3.63, 3.8) is 0 Å². The molecule has 1 N–H and O–H groups in total. The Kier molecular flexibility index (Phi) is 3.84. The summed E-state index contributed by atoms with van der Waals surface area (Å²) in [5.74, 6) is 2.61. The smallest absolute Gasteiger partial charge is 0.225 e. The molecule has 2 aliphatic carbocycles. The summed E-state index contributed by atoms with van der Waals surface area (Å²) in [6.07, 6.45) is 7.30. The molecular weight excluding hydrogens is 236 g/mol. The quantitative estimate of drug-likeness (QED) is 0.845. The zero-order valence-corrected chi connectivity index (χ0v) is 12.4. The van der Waals surface area contributed by atoms with Gasteiger partial charge < -0.3 is 10.2 Å². The maximum Gasteiger partial charge on any atom is 0.225 e. The van der Waals surface area contributed by atoms with Crippen molar-refractivity contribution in [1.29, 1.82) is 0 Å². The molecule has 1 saturated heterocycles. The summed E-state index contributed by atoms with van der Waals surface area (Å²) in [6, 6.07) is 1.41. The average Bonchev–Trinajstić information content (AvgIpc) is 3.17. The maximum atomic E-state index is 12.0. The monoisotopic (exact) mass is 264 g/mol. The lowest BCUT2D eigenvalue weighted by molar-refractivity contribution is -0.133. The van der Waals surface area contributed by atoms with Gasteiger partial charge in [-0.05, 0) is 50.4 Å². The highest BCUT2D eigenvalue weighted by Gasteiger charge is 2.36. The van der Waals surface area contributed by atoms with Crippen LogP contribution in [0.25, 0.3) is 0 Å². The molecule has 3 nitrogen and oxygen atoms in total. The maximum absolute atomic E-state index is 12.0. The van der Waals surface area contributed by atoms with Gasteiger partial charge in [-0.25, -0.2) is 0 Å². The Bertz CT molecular complexity index is 324. The number of hydrogen-bond acceptors (Lipinski definition) is 2. The number of hydrogen-bond donors (Lipinski definition) is 1. The average molecular weight is 264 g/mol. The molecule has 19 heavy (non-hydrogen) atoms. The molecule has 0 atom stereocenters. The van der Waals surface area contributed by atoms with E-state index in [0.717, 1.165) is 56.7 Å². The van der Waals surface area contributed by atoms with E-state index in [-0.39, 0.29) is 0 Å². The summed E-state index contributed by atoms with van der Waals surface area (Å²) in [5.41, 5.74) is 0. The molecule has 3 aliphatic rings. The highest BCUT2D eigenvalue weighted by molar-refractivity contribution is 5.81. The molecule has 3 heteroatoms. The largest absolute Gasteiger partial charge is 0.342 e. The number of likely N-dealkylation sites (tertiary alicyclic amines) is 1. The fraction of sp³-hybridized carbons (Fsp3) is 0.938. The fourth-order valence-electron chi connectivity index (χ4n) is 3.53. The van der Waals surface area contributed by atoms with E-state index in [4.69, 9.17) is 0 Å². The Morgan fingerprint density at radius 2 is 1.68 bits per heavy atom. The van der Waals surface area contributed by atoms with Crippen molar-refractivity contribution >= 4 is 5.91 Å². The van der Waals surface area contributed by atoms with Gasteiger partial charge in [0.1, 0.15) is 0 Å². The van der Waals surface area contributed by atoms with Crippen LogP contribution in [0.15, 0.2) is 0 Å². The Hall–Kier alpha value is -0.570. The molecule has 0 aromatic rings. The van der Waals surface area contributed by atoms with Crippen molar-refractivity contribution < 1.29 is 4.79 Å². The fourth-order valence-corrected chi connectivity index (χ4v) is 3.53. The van der Waals surface area contributed by atoms with E-state index in [1.165, 1.54) is 12.8 Å². The van der Waals surface area contributed by atoms with Gasteiger partial charge in [0.25, 0.3) is 0 Å². The highest BCUT2D eigenvalue weighted by Crippen LogP contribution is 2.35. The molecule has 0 bridgehead atoms. The predicted octanol–water partition coefficient (Wildman–Crippen LogP) is 2.41. The zero-order valence-electron chi connectivity index (χ0n) is 12.4. The van der Waals surface area contributed by atoms with E-state index in [1.54, 1.807) is 0 Å². The van der Waals surface area contributed by atoms with Crippen LogP contribution in [0, 0.1) is 17.8 Å². The van der Waals surface area contributed by atoms with Gasteiger partial charge in [0, 0.05) is 31.1 Å². The van der Waals surface area contributed by atoms with E-state index >= 15 is 0 Å². The minimum absolute atomic E-state index is 0.392. The van der Waals surface area contributed by atoms with E-state index in [1.807, 2.05) is 0 Å². The van der Waals surface area contributed by atoms with Crippen molar-refractivity contribution in [2.75, 3.05) is 13.1 Å². The minimum atomic E-state index is 0.392. The van der Waals surface area contributed by atoms with Gasteiger partial charge in [-0.15, -0.1) is 0 Å². The predicted molar refractivity (Wildman–Crippen MR) is 76.8 cm³/mol. The number of piperidine rings is 1. The molecule has 0 radical (unpaired) electrons. The van der Waals surface area contributed by atoms with E-state index < -0.39 is 0 Å². The van der Waals surface area contributed by atoms with Gasteiger partial charge in [0.2, 0.25) is 5.91 Å². The zero-order chi connectivity index (χ0) is 13.4. The first-order chi connectivity index (χ1) is 9.13. The second kappa shape index (κ2) is 5.43. The van der Waals surface area contributed by atoms with Crippen LogP contribution in [0.4, 0.5) is 0 Å². The van der Waals surface area contributed by atoms with Crippen LogP contribution in [0.2, 0.25) is 0 Å². The third-order valence-corrected chi connectivity index (χ3v) is 5.32. The molecule has 0 aromatic heterocycles. The standard InChI is InChI=1S/C16H28N2O/c1-11(2)13-9-15(10-13)17-14-5-7-18(8-6-14)16(19)12-3-4-12/h11-15,17H,3-10H2,1-2H3. The van der Waals surface area contributed by atoms with Crippen molar-refractivity contribution in [1.82, 2.24) is 10.2 Å². The van der Waals surface area contributed by atoms with Crippen molar-refractivity contribution in [2.24, 2.45) is 17.8 Å². The number of carbonyl (C=O) groups excluding carboxylic acids is 1. The first kappa shape index (κ1) is 13.4. The van der Waals surface area contributed by atoms with Crippen molar-refractivity contribution in [2.45, 2.75) is 64.5 Å². The molecule has 1 aliphatic heterocycles. The molecule has 1 heterocycles. The van der Waals surface area contributed by atoms with Crippen LogP contribution in [0.5, 0.6) is 0 Å². The first-order valence-electron chi connectivity index (χ1n) is 8.18. The van der Waals surface area contributed by atoms with Gasteiger partial charge in [0.15, 0.2) is 0 Å². The van der Waals surface area contributed by atoms with Gasteiger partial charge in [-0.1, -0.05) is 13.8 Å². The van der Waals surface area contributed by atoms with E-state index in [2.05, 4.69) is 24.1 Å². The minimum Gasteiger partial charge on any atom is -0.342 e. The van der Waals surface area contributed by atoms with Crippen LogP contribution in [0.3, 0.4) is 0 Å². The van der Waals surface area contributed by atoms with Gasteiger partial charge in [-0.3, -0.25) is 4.79 Å². The van der Waals surface area contributed by atoms with Crippen molar-refractivity contribution in [3.05, 3.63) is 0 Å². The van der Waals surface area contributed by atoms with E-state index in [9.17, 15) is 4.79 Å². The Balaban J connectivity index is 1.35. The first-order valence-corrected chi connectivity index (χ1v) is 8.18. The molecule has 108 valence electrons. The van der Waals surface area contributed by atoms with E-state index in [0.29, 0.717) is 17.9 Å². The Morgan fingerprint density at radius 1 is 1.05 bits per heavy atom. The van der Waals surface area contributed by atoms with Gasteiger partial charge in [-0.2, -0.15) is 0 Å². The molecule has 3 fully saturated rings. The third-order valence-electron chi connectivity index (χ3n) is 5.32. The Morgan fingerprint density at radius 3 is 2.21 bits per heavy atom. The molecule has 0 spiro atoms. The number of rotatable bonds is 4. The summed E-state index contributed by atoms with van der Waals surface area (Å²) in [5, 5.41) is 3.81. The summed E-state index contributed by atoms with van der Waals surface area (Å²) in [7, 11) is 0. The molecule has 3 rings (SSSR count). The number of carbonyl (C=O) groups is 1. The van der Waals surface area contributed by atoms with Crippen molar-refractivity contribution in [3.8, 4) is 0 Å². The number of nitrogens with zero attached hydrogens (tertiary/aromatic N) is 1. The van der Waals surface area contributed by atoms with Crippen LogP contribution >= 0.6 is 0 Å². The topological polar surface area (TPSA) is 32.3 Å². The molecule has 1 amide bonds. The van der Waals surface area contributed by atoms with Gasteiger partial charge in [0.05, 0.1) is 0 Å². The van der Waals surface area contributed by atoms with Crippen LogP contribution in [0.1, 0.15) is 52.4 Å². The number of amides is 1. The molecular formula is C16H28N2O. The number of nitrogens with one attached hydrogen (secondary N) is 1. The van der Waals surface area contributed by atoms with Gasteiger partial charge >= 0.3 is 0 Å². The van der Waals surface area contributed by atoms with Crippen LogP contribution < -0.4 is 5.32 Å². The third kappa shape index (κ3) is 3.13. The molecule has 2 saturated carbocycles. The normalized spacial score (nSPS) is 32.5. The van der Waals surface area contributed by atoms with Crippen LogP contribution in [-0.4, -0.2) is 36.0 Å². The summed E-state index contributed by atoms with van der Waals surface area (Å²) in [6.45, 7) is 6.63. The summed E-state index contributed by atoms with van der Waals surface area (Å²) < 4.78 is 0.